The van der Waals surface area contributed by atoms with E-state index in [4.69, 9.17) is 4.74 Å². The summed E-state index contributed by atoms with van der Waals surface area (Å²) in [5, 5.41) is 0. The first-order valence-electron chi connectivity index (χ1n) is 12.9. The lowest BCUT2D eigenvalue weighted by Gasteiger charge is -2.32. The van der Waals surface area contributed by atoms with Crippen LogP contribution in [-0.2, 0) is 17.6 Å². The summed E-state index contributed by atoms with van der Waals surface area (Å²) in [6, 6.07) is 24.4. The highest BCUT2D eigenvalue weighted by atomic mass is 32.2. The molecule has 2 nitrogen and oxygen atoms in total. The van der Waals surface area contributed by atoms with Crippen molar-refractivity contribution in [2.45, 2.75) is 61.2 Å². The summed E-state index contributed by atoms with van der Waals surface area (Å²) < 4.78 is 5.87. The number of hydrogen-bond donors (Lipinski definition) is 0. The second-order valence-corrected chi connectivity index (χ2v) is 10.4. The van der Waals surface area contributed by atoms with E-state index in [0.29, 0.717) is 0 Å². The Morgan fingerprint density at radius 1 is 0.735 bits per heavy atom. The van der Waals surface area contributed by atoms with Gasteiger partial charge in [-0.25, -0.2) is 0 Å². The number of benzene rings is 3. The lowest BCUT2D eigenvalue weighted by Crippen LogP contribution is -2.21. The molecule has 0 fully saturated rings. The van der Waals surface area contributed by atoms with Gasteiger partial charge in [0.05, 0.1) is 11.4 Å². The van der Waals surface area contributed by atoms with Crippen molar-refractivity contribution in [3.05, 3.63) is 89.5 Å². The first-order valence-corrected chi connectivity index (χ1v) is 13.7. The smallest absolute Gasteiger partial charge is 0.0552 e. The number of aryl methyl sites for hydroxylation is 2. The molecule has 0 radical (unpaired) electrons. The van der Waals surface area contributed by atoms with E-state index in [1.165, 1.54) is 70.0 Å². The van der Waals surface area contributed by atoms with Crippen LogP contribution in [0.3, 0.4) is 0 Å². The number of para-hydroxylation sites is 2. The van der Waals surface area contributed by atoms with Crippen molar-refractivity contribution in [2.24, 2.45) is 0 Å². The van der Waals surface area contributed by atoms with Crippen molar-refractivity contribution < 1.29 is 4.74 Å². The van der Waals surface area contributed by atoms with Gasteiger partial charge in [-0.3, -0.25) is 0 Å². The zero-order valence-electron chi connectivity index (χ0n) is 20.0. The molecule has 0 atom stereocenters. The fourth-order valence-corrected chi connectivity index (χ4v) is 5.89. The second kappa shape index (κ2) is 11.8. The van der Waals surface area contributed by atoms with E-state index in [9.17, 15) is 0 Å². The van der Waals surface area contributed by atoms with Gasteiger partial charge in [-0.1, -0.05) is 79.2 Å². The normalized spacial score (nSPS) is 13.9. The fraction of sp³-hybridized carbons (Fsp3) is 0.355. The minimum absolute atomic E-state index is 0.869. The third kappa shape index (κ3) is 5.76. The molecule has 0 saturated carbocycles. The standard InChI is InChI=1S/C31H35NOS/c1(2-10-22-33-23-11-3-4-12-25-17-18-26-19-20-27(26)24-25)9-21-32-28-13-5-7-15-30(28)34-31-16-8-6-14-29(31)32/h4-8,12-18,24H,1-3,9-11,19-23H2/b12-4+. The van der Waals surface area contributed by atoms with Crippen LogP contribution in [0.4, 0.5) is 11.4 Å². The highest BCUT2D eigenvalue weighted by molar-refractivity contribution is 7.99. The van der Waals surface area contributed by atoms with Gasteiger partial charge in [-0.05, 0) is 79.5 Å². The Labute approximate surface area is 209 Å². The van der Waals surface area contributed by atoms with Crippen molar-refractivity contribution in [3.8, 4) is 0 Å². The Hall–Kier alpha value is -2.49. The lowest BCUT2D eigenvalue weighted by molar-refractivity contribution is 0.128. The van der Waals surface area contributed by atoms with Gasteiger partial charge in [0.15, 0.2) is 0 Å². The molecule has 0 spiro atoms. The van der Waals surface area contributed by atoms with E-state index in [1.54, 1.807) is 0 Å². The van der Waals surface area contributed by atoms with Crippen molar-refractivity contribution >= 4 is 29.2 Å². The number of fused-ring (bicyclic) bond motifs is 3. The van der Waals surface area contributed by atoms with Gasteiger partial charge in [0.1, 0.15) is 0 Å². The summed E-state index contributed by atoms with van der Waals surface area (Å²) in [7, 11) is 0. The van der Waals surface area contributed by atoms with Crippen LogP contribution in [0.15, 0.2) is 82.6 Å². The molecule has 0 aromatic heterocycles. The van der Waals surface area contributed by atoms with Crippen LogP contribution < -0.4 is 4.90 Å². The van der Waals surface area contributed by atoms with E-state index >= 15 is 0 Å². The Bertz CT molecular complexity index is 1080. The van der Waals surface area contributed by atoms with Crippen LogP contribution >= 0.6 is 11.8 Å². The average molecular weight is 470 g/mol. The third-order valence-corrected chi connectivity index (χ3v) is 7.95. The molecule has 0 amide bonds. The number of unbranched alkanes of at least 4 members (excludes halogenated alkanes) is 4. The van der Waals surface area contributed by atoms with E-state index in [1.807, 2.05) is 11.8 Å². The summed E-state index contributed by atoms with van der Waals surface area (Å²) in [6.07, 6.45) is 14.1. The van der Waals surface area contributed by atoms with Gasteiger partial charge >= 0.3 is 0 Å². The number of anilines is 2. The Morgan fingerprint density at radius 2 is 1.44 bits per heavy atom. The van der Waals surface area contributed by atoms with Gasteiger partial charge in [-0.15, -0.1) is 0 Å². The second-order valence-electron chi connectivity index (χ2n) is 9.29. The molecule has 34 heavy (non-hydrogen) atoms. The molecule has 3 aromatic rings. The maximum absolute atomic E-state index is 5.87. The highest BCUT2D eigenvalue weighted by Crippen LogP contribution is 2.47. The largest absolute Gasteiger partial charge is 0.381 e. The zero-order chi connectivity index (χ0) is 23.0. The molecule has 0 bridgehead atoms. The molecular formula is C31H35NOS. The van der Waals surface area contributed by atoms with E-state index < -0.39 is 0 Å². The summed E-state index contributed by atoms with van der Waals surface area (Å²) in [5.74, 6) is 0. The van der Waals surface area contributed by atoms with Crippen LogP contribution in [0.2, 0.25) is 0 Å². The molecule has 3 aromatic carbocycles. The summed E-state index contributed by atoms with van der Waals surface area (Å²) in [4.78, 5) is 5.23. The maximum Gasteiger partial charge on any atom is 0.0552 e. The van der Waals surface area contributed by atoms with Crippen LogP contribution in [0, 0.1) is 0 Å². The molecular weight excluding hydrogens is 434 g/mol. The predicted molar refractivity (Wildman–Crippen MR) is 145 cm³/mol. The Kier molecular flexibility index (Phi) is 8.05. The summed E-state index contributed by atoms with van der Waals surface area (Å²) >= 11 is 1.89. The van der Waals surface area contributed by atoms with Crippen molar-refractivity contribution in [1.29, 1.82) is 0 Å². The maximum atomic E-state index is 5.87. The van der Waals surface area contributed by atoms with Crippen molar-refractivity contribution in [3.63, 3.8) is 0 Å². The fourth-order valence-electron chi connectivity index (χ4n) is 4.79. The molecule has 0 saturated heterocycles. The van der Waals surface area contributed by atoms with E-state index in [0.717, 1.165) is 39.0 Å². The number of nitrogens with zero attached hydrogens (tertiary/aromatic N) is 1. The average Bonchev–Trinajstić information content (AvgIpc) is 2.85. The molecule has 0 N–H and O–H groups in total. The number of ether oxygens (including phenoxy) is 1. The first-order chi connectivity index (χ1) is 16.9. The molecule has 2 aliphatic rings. The first kappa shape index (κ1) is 23.3. The molecule has 176 valence electrons. The molecule has 5 rings (SSSR count). The number of rotatable bonds is 12. The minimum atomic E-state index is 0.869. The predicted octanol–water partition coefficient (Wildman–Crippen LogP) is 8.46. The van der Waals surface area contributed by atoms with Crippen molar-refractivity contribution in [2.75, 3.05) is 24.7 Å². The Morgan fingerprint density at radius 3 is 2.18 bits per heavy atom. The molecule has 1 aliphatic carbocycles. The molecule has 1 heterocycles. The van der Waals surface area contributed by atoms with Crippen LogP contribution in [-0.4, -0.2) is 19.8 Å². The third-order valence-electron chi connectivity index (χ3n) is 6.82. The van der Waals surface area contributed by atoms with Crippen LogP contribution in [0.5, 0.6) is 0 Å². The van der Waals surface area contributed by atoms with E-state index in [2.05, 4.69) is 83.8 Å². The van der Waals surface area contributed by atoms with Gasteiger partial charge in [0, 0.05) is 29.5 Å². The Balaban J connectivity index is 0.944. The topological polar surface area (TPSA) is 12.5 Å². The van der Waals surface area contributed by atoms with Gasteiger partial charge < -0.3 is 9.64 Å². The molecule has 0 unspecified atom stereocenters. The molecule has 1 aliphatic heterocycles. The monoisotopic (exact) mass is 469 g/mol. The van der Waals surface area contributed by atoms with E-state index in [-0.39, 0.29) is 0 Å². The minimum Gasteiger partial charge on any atom is -0.381 e. The van der Waals surface area contributed by atoms with Crippen molar-refractivity contribution in [1.82, 2.24) is 0 Å². The number of hydrogen-bond acceptors (Lipinski definition) is 3. The van der Waals surface area contributed by atoms with Crippen LogP contribution in [0.1, 0.15) is 55.2 Å². The highest BCUT2D eigenvalue weighted by Gasteiger charge is 2.22. The van der Waals surface area contributed by atoms with Gasteiger partial charge in [-0.2, -0.15) is 0 Å². The summed E-state index contributed by atoms with van der Waals surface area (Å²) in [5.41, 5.74) is 7.12. The van der Waals surface area contributed by atoms with Gasteiger partial charge in [0.2, 0.25) is 0 Å². The quantitative estimate of drug-likeness (QED) is 0.247. The lowest BCUT2D eigenvalue weighted by atomic mass is 9.87. The van der Waals surface area contributed by atoms with Crippen LogP contribution in [0.25, 0.3) is 6.08 Å². The summed E-state index contributed by atoms with van der Waals surface area (Å²) in [6.45, 7) is 2.83. The zero-order valence-corrected chi connectivity index (χ0v) is 20.9. The number of allylic oxidation sites excluding steroid dienone is 1. The SMILES string of the molecule is C(=C\c1ccc2c(c1)CC2)/CCCOCCCCCCN1c2ccccc2Sc2ccccc21. The van der Waals surface area contributed by atoms with Gasteiger partial charge in [0.25, 0.3) is 0 Å². The molecule has 3 heteroatoms.